The van der Waals surface area contributed by atoms with E-state index < -0.39 is 0 Å². The molecule has 4 heterocycles. The molecule has 4 N–H and O–H groups in total. The molecule has 0 spiro atoms. The van der Waals surface area contributed by atoms with Crippen molar-refractivity contribution in [1.29, 1.82) is 0 Å². The van der Waals surface area contributed by atoms with E-state index in [0.717, 1.165) is 55.6 Å². The second kappa shape index (κ2) is 13.2. The van der Waals surface area contributed by atoms with Crippen LogP contribution in [0.2, 0.25) is 0 Å². The van der Waals surface area contributed by atoms with E-state index in [-0.39, 0.29) is 23.6 Å². The number of imide groups is 1. The van der Waals surface area contributed by atoms with E-state index >= 15 is 0 Å². The normalized spacial score (nSPS) is 22.6. The summed E-state index contributed by atoms with van der Waals surface area (Å²) in [4.78, 5) is 28.7. The van der Waals surface area contributed by atoms with Crippen LogP contribution in [-0.4, -0.2) is 74.0 Å². The molecule has 7 rings (SSSR count). The van der Waals surface area contributed by atoms with Crippen LogP contribution in [0.15, 0.2) is 67.0 Å². The molecule has 2 amide bonds. The van der Waals surface area contributed by atoms with Crippen LogP contribution in [0, 0.1) is 0 Å². The van der Waals surface area contributed by atoms with Gasteiger partial charge in [-0.15, -0.1) is 10.2 Å². The van der Waals surface area contributed by atoms with Gasteiger partial charge in [-0.05, 0) is 86.8 Å². The number of likely N-dealkylation sites (tertiary alicyclic amines) is 1. The van der Waals surface area contributed by atoms with Gasteiger partial charge < -0.3 is 20.6 Å². The topological polar surface area (TPSA) is 142 Å². The lowest BCUT2D eigenvalue weighted by atomic mass is 9.80. The maximum atomic E-state index is 12.4. The number of phenolic OH excluding ortho intramolecular Hbond substituents is 1. The zero-order valence-corrected chi connectivity index (χ0v) is 26.8. The van der Waals surface area contributed by atoms with Gasteiger partial charge in [0.1, 0.15) is 11.8 Å². The Labute approximate surface area is 274 Å². The molecular formula is C36H42N8O3. The van der Waals surface area contributed by atoms with Crippen molar-refractivity contribution in [3.05, 3.63) is 72.6 Å². The molecule has 2 aromatic carbocycles. The average molecular weight is 635 g/mol. The fraction of sp³-hybridized carbons (Fsp3) is 0.417. The molecule has 1 atom stereocenters. The lowest BCUT2D eigenvalue weighted by Gasteiger charge is -2.41. The zero-order valence-electron chi connectivity index (χ0n) is 26.8. The van der Waals surface area contributed by atoms with Gasteiger partial charge in [0.2, 0.25) is 11.8 Å². The van der Waals surface area contributed by atoms with Gasteiger partial charge in [-0.3, -0.25) is 19.6 Å². The monoisotopic (exact) mass is 634 g/mol. The smallest absolute Gasteiger partial charge is 0.249 e. The quantitative estimate of drug-likeness (QED) is 0.242. The predicted octanol–water partition coefficient (Wildman–Crippen LogP) is 4.90. The standard InChI is InChI=1S/C36H42N8O3/c1-42(32-13-14-34(46)39-36(32)47)28-6-4-5-24(19-28)23-9-11-26(12-10-23)43-17-15-27(16-18-43)44-22-25(21-38-44)30-20-31(40-41-35(30)37)29-7-2-3-8-33(29)45/h2-8,19-23,26-27,32,45H,9-18H2,1H3,(H2,37,41)(H,39,46,47). The summed E-state index contributed by atoms with van der Waals surface area (Å²) in [6.45, 7) is 2.11. The highest BCUT2D eigenvalue weighted by Gasteiger charge is 2.32. The van der Waals surface area contributed by atoms with E-state index in [1.54, 1.807) is 12.1 Å². The van der Waals surface area contributed by atoms with Crippen LogP contribution in [0.4, 0.5) is 11.5 Å². The van der Waals surface area contributed by atoms with Crippen LogP contribution in [0.1, 0.15) is 68.9 Å². The van der Waals surface area contributed by atoms with Crippen molar-refractivity contribution in [3.8, 4) is 28.1 Å². The van der Waals surface area contributed by atoms with Gasteiger partial charge in [-0.1, -0.05) is 24.3 Å². The summed E-state index contributed by atoms with van der Waals surface area (Å²) in [5.41, 5.74) is 11.4. The number of amides is 2. The number of anilines is 2. The molecule has 2 aliphatic heterocycles. The first-order chi connectivity index (χ1) is 22.8. The number of hydrogen-bond donors (Lipinski definition) is 3. The fourth-order valence-electron chi connectivity index (χ4n) is 7.65. The number of carbonyl (C=O) groups is 2. The number of nitrogen functional groups attached to an aromatic ring is 1. The van der Waals surface area contributed by atoms with Gasteiger partial charge >= 0.3 is 0 Å². The minimum Gasteiger partial charge on any atom is -0.507 e. The molecular weight excluding hydrogens is 592 g/mol. The Morgan fingerprint density at radius 3 is 2.45 bits per heavy atom. The third-order valence-electron chi connectivity index (χ3n) is 10.4. The molecule has 1 aliphatic carbocycles. The predicted molar refractivity (Wildman–Crippen MR) is 181 cm³/mol. The SMILES string of the molecule is CN(c1cccc(C2CCC(N3CCC(n4cc(-c5cc(-c6ccccc6O)nnc5N)cn4)CC3)CC2)c1)C1CCC(=O)NC1=O. The number of aromatic nitrogens is 4. The van der Waals surface area contributed by atoms with Gasteiger partial charge in [0, 0.05) is 61.2 Å². The molecule has 1 saturated carbocycles. The van der Waals surface area contributed by atoms with E-state index in [9.17, 15) is 14.7 Å². The minimum atomic E-state index is -0.316. The van der Waals surface area contributed by atoms with E-state index in [4.69, 9.17) is 10.8 Å². The van der Waals surface area contributed by atoms with Gasteiger partial charge in [-0.2, -0.15) is 5.10 Å². The number of nitrogens with one attached hydrogen (secondary N) is 1. The molecule has 11 nitrogen and oxygen atoms in total. The molecule has 0 bridgehead atoms. The minimum absolute atomic E-state index is 0.150. The molecule has 0 radical (unpaired) electrons. The fourth-order valence-corrected chi connectivity index (χ4v) is 7.65. The Kier molecular flexibility index (Phi) is 8.64. The van der Waals surface area contributed by atoms with Crippen molar-refractivity contribution in [2.45, 2.75) is 75.4 Å². The van der Waals surface area contributed by atoms with Crippen molar-refractivity contribution in [2.75, 3.05) is 30.8 Å². The zero-order chi connectivity index (χ0) is 32.5. The van der Waals surface area contributed by atoms with Crippen molar-refractivity contribution in [1.82, 2.24) is 30.2 Å². The maximum absolute atomic E-state index is 12.4. The number of carbonyl (C=O) groups excluding carboxylic acids is 2. The first-order valence-electron chi connectivity index (χ1n) is 16.7. The van der Waals surface area contributed by atoms with Gasteiger partial charge in [0.25, 0.3) is 0 Å². The number of phenols is 1. The van der Waals surface area contributed by atoms with Crippen molar-refractivity contribution in [3.63, 3.8) is 0 Å². The number of nitrogens with two attached hydrogens (primary N) is 1. The number of piperidine rings is 2. The highest BCUT2D eigenvalue weighted by atomic mass is 16.3. The first-order valence-corrected chi connectivity index (χ1v) is 16.7. The first kappa shape index (κ1) is 30.9. The highest BCUT2D eigenvalue weighted by molar-refractivity contribution is 6.01. The lowest BCUT2D eigenvalue weighted by Crippen LogP contribution is -2.51. The van der Waals surface area contributed by atoms with E-state index in [1.165, 1.54) is 18.4 Å². The number of hydrogen-bond acceptors (Lipinski definition) is 9. The Bertz CT molecular complexity index is 1760. The van der Waals surface area contributed by atoms with Crippen LogP contribution in [0.3, 0.4) is 0 Å². The largest absolute Gasteiger partial charge is 0.507 e. The van der Waals surface area contributed by atoms with E-state index in [2.05, 4.69) is 55.6 Å². The van der Waals surface area contributed by atoms with E-state index in [1.807, 2.05) is 36.3 Å². The summed E-state index contributed by atoms with van der Waals surface area (Å²) in [5.74, 6) is 0.611. The second-order valence-corrected chi connectivity index (χ2v) is 13.2. The number of rotatable bonds is 7. The molecule has 47 heavy (non-hydrogen) atoms. The average Bonchev–Trinajstić information content (AvgIpc) is 3.59. The summed E-state index contributed by atoms with van der Waals surface area (Å²) >= 11 is 0. The Morgan fingerprint density at radius 1 is 0.894 bits per heavy atom. The van der Waals surface area contributed by atoms with Crippen LogP contribution in [-0.2, 0) is 9.59 Å². The summed E-state index contributed by atoms with van der Waals surface area (Å²) < 4.78 is 2.07. The third kappa shape index (κ3) is 6.44. The van der Waals surface area contributed by atoms with Crippen LogP contribution in [0.25, 0.3) is 22.4 Å². The second-order valence-electron chi connectivity index (χ2n) is 13.2. The number of benzene rings is 2. The Balaban J connectivity index is 0.935. The summed E-state index contributed by atoms with van der Waals surface area (Å²) in [6.07, 6.45) is 11.6. The van der Waals surface area contributed by atoms with Crippen LogP contribution < -0.4 is 16.0 Å². The highest BCUT2D eigenvalue weighted by Crippen LogP contribution is 2.38. The van der Waals surface area contributed by atoms with Gasteiger partial charge in [-0.25, -0.2) is 0 Å². The number of nitrogens with zero attached hydrogens (tertiary/aromatic N) is 6. The van der Waals surface area contributed by atoms with E-state index in [0.29, 0.717) is 47.9 Å². The molecule has 3 aliphatic rings. The molecule has 1 unspecified atom stereocenters. The maximum Gasteiger partial charge on any atom is 0.249 e. The molecule has 4 aromatic rings. The molecule has 3 fully saturated rings. The van der Waals surface area contributed by atoms with Crippen molar-refractivity contribution in [2.24, 2.45) is 0 Å². The molecule has 2 aromatic heterocycles. The Morgan fingerprint density at radius 2 is 1.68 bits per heavy atom. The lowest BCUT2D eigenvalue weighted by molar-refractivity contribution is -0.134. The molecule has 2 saturated heterocycles. The number of para-hydroxylation sites is 1. The number of aromatic hydroxyl groups is 1. The molecule has 11 heteroatoms. The van der Waals surface area contributed by atoms with Gasteiger partial charge in [0.15, 0.2) is 5.82 Å². The van der Waals surface area contributed by atoms with Gasteiger partial charge in [0.05, 0.1) is 17.9 Å². The summed E-state index contributed by atoms with van der Waals surface area (Å²) in [6, 6.07) is 18.2. The molecule has 244 valence electrons. The summed E-state index contributed by atoms with van der Waals surface area (Å²) in [5, 5.41) is 25.9. The van der Waals surface area contributed by atoms with Crippen molar-refractivity contribution >= 4 is 23.3 Å². The number of likely N-dealkylation sites (N-methyl/N-ethyl adjacent to an activating group) is 1. The third-order valence-corrected chi connectivity index (χ3v) is 10.4. The Hall–Kier alpha value is -4.77. The van der Waals surface area contributed by atoms with Crippen molar-refractivity contribution < 1.29 is 14.7 Å². The summed E-state index contributed by atoms with van der Waals surface area (Å²) in [7, 11) is 1.95. The van der Waals surface area contributed by atoms with Crippen LogP contribution >= 0.6 is 0 Å². The van der Waals surface area contributed by atoms with Crippen LogP contribution in [0.5, 0.6) is 5.75 Å².